The number of rotatable bonds is 10. The van der Waals surface area contributed by atoms with Crippen molar-refractivity contribution in [3.63, 3.8) is 0 Å². The monoisotopic (exact) mass is 462 g/mol. The van der Waals surface area contributed by atoms with Gasteiger partial charge in [-0.05, 0) is 36.6 Å². The Kier molecular flexibility index (Phi) is 8.42. The van der Waals surface area contributed by atoms with E-state index in [-0.39, 0.29) is 18.9 Å². The maximum Gasteiger partial charge on any atom is 0.307 e. The van der Waals surface area contributed by atoms with Crippen molar-refractivity contribution in [3.8, 4) is 11.4 Å². The van der Waals surface area contributed by atoms with E-state index in [2.05, 4.69) is 20.6 Å². The van der Waals surface area contributed by atoms with Crippen LogP contribution in [0.25, 0.3) is 11.4 Å². The van der Waals surface area contributed by atoms with Gasteiger partial charge in [-0.1, -0.05) is 42.5 Å². The molecule has 1 heterocycles. The molecule has 0 saturated heterocycles. The summed E-state index contributed by atoms with van der Waals surface area (Å²) in [4.78, 5) is 44.6. The van der Waals surface area contributed by atoms with Crippen molar-refractivity contribution < 1.29 is 24.6 Å². The third-order valence-electron chi connectivity index (χ3n) is 5.07. The van der Waals surface area contributed by atoms with E-state index in [1.54, 1.807) is 42.7 Å². The number of carbonyl (C=O) groups is 3. The highest BCUT2D eigenvalue weighted by Gasteiger charge is 2.23. The minimum absolute atomic E-state index is 0.00216. The van der Waals surface area contributed by atoms with Crippen LogP contribution in [0, 0.1) is 12.8 Å². The Balaban J connectivity index is 1.71. The number of aromatic nitrogens is 2. The van der Waals surface area contributed by atoms with Gasteiger partial charge in [-0.3, -0.25) is 14.4 Å². The molecule has 0 bridgehead atoms. The summed E-state index contributed by atoms with van der Waals surface area (Å²) in [5.74, 6) is -2.30. The van der Waals surface area contributed by atoms with Crippen LogP contribution < -0.4 is 10.6 Å². The molecule has 2 amide bonds. The Morgan fingerprint density at radius 1 is 0.971 bits per heavy atom. The number of aliphatic carboxylic acids is 1. The van der Waals surface area contributed by atoms with E-state index in [4.69, 9.17) is 5.11 Å². The van der Waals surface area contributed by atoms with Gasteiger partial charge in [0.05, 0.1) is 12.3 Å². The quantitative estimate of drug-likeness (QED) is 0.337. The zero-order valence-electron chi connectivity index (χ0n) is 18.6. The van der Waals surface area contributed by atoms with Crippen molar-refractivity contribution in [1.82, 2.24) is 20.6 Å². The van der Waals surface area contributed by atoms with Gasteiger partial charge < -0.3 is 20.8 Å². The standard InChI is InChI=1S/C25H26N4O5/c1-16-13-26-23(27-14-16)18-9-7-17(8-10-18)11-20(25(34)29-21(30)12-22(31)32)15-28-24(33)19-5-3-2-4-6-19/h2-10,13-14,20-21,30H,11-12,15H2,1H3,(H,28,33)(H,29,34)(H,31,32). The first kappa shape index (κ1) is 24.5. The Morgan fingerprint density at radius 2 is 1.62 bits per heavy atom. The lowest BCUT2D eigenvalue weighted by atomic mass is 9.97. The second-order valence-corrected chi connectivity index (χ2v) is 7.88. The summed E-state index contributed by atoms with van der Waals surface area (Å²) in [7, 11) is 0. The number of nitrogens with zero attached hydrogens (tertiary/aromatic N) is 2. The fourth-order valence-electron chi connectivity index (χ4n) is 3.28. The fourth-order valence-corrected chi connectivity index (χ4v) is 3.28. The lowest BCUT2D eigenvalue weighted by Crippen LogP contribution is -2.44. The minimum Gasteiger partial charge on any atom is -0.481 e. The predicted octanol–water partition coefficient (Wildman–Crippen LogP) is 1.95. The van der Waals surface area contributed by atoms with Crippen molar-refractivity contribution in [2.24, 2.45) is 5.92 Å². The molecule has 2 unspecified atom stereocenters. The molecule has 3 aromatic rings. The molecular formula is C25H26N4O5. The van der Waals surface area contributed by atoms with E-state index in [0.717, 1.165) is 16.7 Å². The molecular weight excluding hydrogens is 436 g/mol. The Bertz CT molecular complexity index is 1120. The Labute approximate surface area is 196 Å². The molecule has 2 atom stereocenters. The van der Waals surface area contributed by atoms with Gasteiger partial charge in [-0.25, -0.2) is 9.97 Å². The molecule has 2 aromatic carbocycles. The maximum absolute atomic E-state index is 12.8. The van der Waals surface area contributed by atoms with Gasteiger partial charge in [0, 0.05) is 30.1 Å². The second kappa shape index (κ2) is 11.7. The molecule has 9 nitrogen and oxygen atoms in total. The highest BCUT2D eigenvalue weighted by atomic mass is 16.4. The van der Waals surface area contributed by atoms with E-state index < -0.39 is 30.4 Å². The predicted molar refractivity (Wildman–Crippen MR) is 125 cm³/mol. The molecule has 4 N–H and O–H groups in total. The number of carbonyl (C=O) groups excluding carboxylic acids is 2. The van der Waals surface area contributed by atoms with Gasteiger partial charge in [0.15, 0.2) is 5.82 Å². The van der Waals surface area contributed by atoms with Gasteiger partial charge in [0.25, 0.3) is 5.91 Å². The molecule has 0 aliphatic heterocycles. The van der Waals surface area contributed by atoms with Crippen LogP contribution in [0.5, 0.6) is 0 Å². The zero-order valence-corrected chi connectivity index (χ0v) is 18.6. The van der Waals surface area contributed by atoms with E-state index in [0.29, 0.717) is 11.4 Å². The fraction of sp³-hybridized carbons (Fsp3) is 0.240. The summed E-state index contributed by atoms with van der Waals surface area (Å²) in [6.45, 7) is 1.91. The first-order chi connectivity index (χ1) is 16.3. The first-order valence-electron chi connectivity index (χ1n) is 10.7. The zero-order chi connectivity index (χ0) is 24.5. The van der Waals surface area contributed by atoms with Gasteiger partial charge >= 0.3 is 5.97 Å². The maximum atomic E-state index is 12.8. The van der Waals surface area contributed by atoms with Crippen molar-refractivity contribution in [2.45, 2.75) is 26.0 Å². The molecule has 0 saturated carbocycles. The average molecular weight is 463 g/mol. The summed E-state index contributed by atoms with van der Waals surface area (Å²) >= 11 is 0. The lowest BCUT2D eigenvalue weighted by Gasteiger charge is -2.20. The van der Waals surface area contributed by atoms with Gasteiger partial charge in [-0.2, -0.15) is 0 Å². The van der Waals surface area contributed by atoms with E-state index in [1.807, 2.05) is 31.2 Å². The van der Waals surface area contributed by atoms with Crippen LogP contribution in [-0.2, 0) is 16.0 Å². The summed E-state index contributed by atoms with van der Waals surface area (Å²) in [5.41, 5.74) is 3.04. The number of hydrogen-bond donors (Lipinski definition) is 4. The van der Waals surface area contributed by atoms with Crippen molar-refractivity contribution >= 4 is 17.8 Å². The van der Waals surface area contributed by atoms with E-state index in [1.165, 1.54) is 0 Å². The minimum atomic E-state index is -1.53. The summed E-state index contributed by atoms with van der Waals surface area (Å²) in [6, 6.07) is 16.0. The molecule has 34 heavy (non-hydrogen) atoms. The third kappa shape index (κ3) is 7.21. The Hall–Kier alpha value is -4.11. The van der Waals surface area contributed by atoms with Crippen LogP contribution in [-0.4, -0.2) is 50.7 Å². The molecule has 0 aliphatic rings. The van der Waals surface area contributed by atoms with Crippen LogP contribution in [0.2, 0.25) is 0 Å². The summed E-state index contributed by atoms with van der Waals surface area (Å²) in [6.07, 6.45) is 1.57. The number of aryl methyl sites for hydroxylation is 1. The number of nitrogens with one attached hydrogen (secondary N) is 2. The Morgan fingerprint density at radius 3 is 2.24 bits per heavy atom. The number of carboxylic acid groups (broad SMARTS) is 1. The lowest BCUT2D eigenvalue weighted by molar-refractivity contribution is -0.140. The van der Waals surface area contributed by atoms with Crippen LogP contribution >= 0.6 is 0 Å². The third-order valence-corrected chi connectivity index (χ3v) is 5.07. The SMILES string of the molecule is Cc1cnc(-c2ccc(CC(CNC(=O)c3ccccc3)C(=O)NC(O)CC(=O)O)cc2)nc1. The number of amides is 2. The van der Waals surface area contributed by atoms with E-state index >= 15 is 0 Å². The number of aliphatic hydroxyl groups excluding tert-OH is 1. The van der Waals surface area contributed by atoms with E-state index in [9.17, 15) is 19.5 Å². The van der Waals surface area contributed by atoms with Gasteiger partial charge in [0.2, 0.25) is 5.91 Å². The molecule has 0 aliphatic carbocycles. The van der Waals surface area contributed by atoms with Crippen LogP contribution in [0.15, 0.2) is 67.0 Å². The first-order valence-corrected chi connectivity index (χ1v) is 10.7. The topological polar surface area (TPSA) is 142 Å². The highest BCUT2D eigenvalue weighted by Crippen LogP contribution is 2.17. The normalized spacial score (nSPS) is 12.4. The number of benzene rings is 2. The molecule has 176 valence electrons. The van der Waals surface area contributed by atoms with Gasteiger partial charge in [0.1, 0.15) is 6.23 Å². The van der Waals surface area contributed by atoms with Crippen molar-refractivity contribution in [3.05, 3.63) is 83.7 Å². The second-order valence-electron chi connectivity index (χ2n) is 7.88. The molecule has 9 heteroatoms. The van der Waals surface area contributed by atoms with Crippen LogP contribution in [0.1, 0.15) is 27.9 Å². The van der Waals surface area contributed by atoms with Crippen LogP contribution in [0.4, 0.5) is 0 Å². The highest BCUT2D eigenvalue weighted by molar-refractivity contribution is 5.94. The molecule has 1 aromatic heterocycles. The average Bonchev–Trinajstić information content (AvgIpc) is 2.82. The van der Waals surface area contributed by atoms with Crippen LogP contribution in [0.3, 0.4) is 0 Å². The molecule has 3 rings (SSSR count). The molecule has 0 radical (unpaired) electrons. The van der Waals surface area contributed by atoms with Crippen molar-refractivity contribution in [1.29, 1.82) is 0 Å². The number of aliphatic hydroxyl groups is 1. The summed E-state index contributed by atoms with van der Waals surface area (Å²) < 4.78 is 0. The number of carboxylic acids is 1. The smallest absolute Gasteiger partial charge is 0.307 e. The summed E-state index contributed by atoms with van der Waals surface area (Å²) in [5, 5.41) is 23.7. The largest absolute Gasteiger partial charge is 0.481 e. The van der Waals surface area contributed by atoms with Gasteiger partial charge in [-0.15, -0.1) is 0 Å². The molecule has 0 spiro atoms. The number of hydrogen-bond acceptors (Lipinski definition) is 6. The molecule has 0 fully saturated rings. The van der Waals surface area contributed by atoms with Crippen molar-refractivity contribution in [2.75, 3.05) is 6.54 Å².